The maximum Gasteiger partial charge on any atom is 0.134 e. The summed E-state index contributed by atoms with van der Waals surface area (Å²) in [6.45, 7) is 0.698. The lowest BCUT2D eigenvalue weighted by molar-refractivity contribution is 0.923. The first-order valence-corrected chi connectivity index (χ1v) is 10.3. The van der Waals surface area contributed by atoms with Crippen LogP contribution in [0.25, 0.3) is 12.2 Å². The summed E-state index contributed by atoms with van der Waals surface area (Å²) in [4.78, 5) is 13.3. The van der Waals surface area contributed by atoms with E-state index in [0.29, 0.717) is 6.54 Å². The van der Waals surface area contributed by atoms with Crippen molar-refractivity contribution >= 4 is 29.5 Å². The number of rotatable bonds is 7. The van der Waals surface area contributed by atoms with Gasteiger partial charge in [-0.1, -0.05) is 60.7 Å². The summed E-state index contributed by atoms with van der Waals surface area (Å²) < 4.78 is 0. The fraction of sp³-hybridized carbons (Fsp3) is 0.111. The highest BCUT2D eigenvalue weighted by Crippen LogP contribution is 2.24. The third-order valence-corrected chi connectivity index (χ3v) is 5.05. The Bertz CT molecular complexity index is 1060. The van der Waals surface area contributed by atoms with E-state index in [-0.39, 0.29) is 0 Å². The summed E-state index contributed by atoms with van der Waals surface area (Å²) in [5, 5.41) is 0. The lowest BCUT2D eigenvalue weighted by atomic mass is 10.1. The highest BCUT2D eigenvalue weighted by molar-refractivity contribution is 5.70. The molecule has 0 saturated carbocycles. The molecule has 154 valence electrons. The Morgan fingerprint density at radius 3 is 1.61 bits per heavy atom. The molecule has 2 aromatic heterocycles. The highest BCUT2D eigenvalue weighted by Gasteiger charge is 2.12. The molecule has 2 heterocycles. The predicted octanol–water partition coefficient (Wildman–Crippen LogP) is 6.05. The number of nitrogens with zero attached hydrogens (tertiary/aromatic N) is 4. The normalized spacial score (nSPS) is 10.9. The molecule has 0 N–H and O–H groups in total. The molecule has 4 nitrogen and oxygen atoms in total. The van der Waals surface area contributed by atoms with Crippen molar-refractivity contribution in [3.63, 3.8) is 0 Å². The third-order valence-electron chi connectivity index (χ3n) is 5.05. The molecule has 0 atom stereocenters. The first-order chi connectivity index (χ1) is 15.2. The minimum absolute atomic E-state index is 0.698. The molecule has 0 unspecified atom stereocenters. The van der Waals surface area contributed by atoms with E-state index in [1.165, 1.54) is 22.4 Å². The zero-order valence-corrected chi connectivity index (χ0v) is 17.9. The van der Waals surface area contributed by atoms with Gasteiger partial charge in [-0.3, -0.25) is 0 Å². The summed E-state index contributed by atoms with van der Waals surface area (Å²) in [6.07, 6.45) is 7.90. The first-order valence-electron chi connectivity index (χ1n) is 10.3. The maximum atomic E-state index is 4.52. The monoisotopic (exact) mass is 406 g/mol. The Morgan fingerprint density at radius 2 is 1.16 bits per heavy atom. The molecule has 2 aromatic carbocycles. The number of hydrogen-bond donors (Lipinski definition) is 0. The number of pyridine rings is 2. The number of anilines is 3. The van der Waals surface area contributed by atoms with Crippen molar-refractivity contribution in [3.05, 3.63) is 114 Å². The molecule has 31 heavy (non-hydrogen) atoms. The molecule has 0 amide bonds. The number of aromatic nitrogens is 2. The second-order valence-electron chi connectivity index (χ2n) is 7.52. The van der Waals surface area contributed by atoms with Crippen LogP contribution < -0.4 is 9.80 Å². The van der Waals surface area contributed by atoms with E-state index in [1.54, 1.807) is 0 Å². The van der Waals surface area contributed by atoms with Crippen LogP contribution in [0.4, 0.5) is 17.3 Å². The van der Waals surface area contributed by atoms with Gasteiger partial charge in [-0.15, -0.1) is 0 Å². The Hall–Kier alpha value is -3.92. The summed E-state index contributed by atoms with van der Waals surface area (Å²) in [6, 6.07) is 29.0. The van der Waals surface area contributed by atoms with Gasteiger partial charge >= 0.3 is 0 Å². The van der Waals surface area contributed by atoms with Gasteiger partial charge in [0.25, 0.3) is 0 Å². The van der Waals surface area contributed by atoms with E-state index in [2.05, 4.69) is 94.5 Å². The van der Waals surface area contributed by atoms with Crippen LogP contribution in [-0.4, -0.2) is 24.1 Å². The quantitative estimate of drug-likeness (QED) is 0.350. The van der Waals surface area contributed by atoms with Crippen molar-refractivity contribution in [2.24, 2.45) is 0 Å². The van der Waals surface area contributed by atoms with E-state index in [1.807, 2.05) is 48.8 Å². The van der Waals surface area contributed by atoms with Gasteiger partial charge in [0.1, 0.15) is 11.6 Å². The molecular formula is C27H26N4. The first kappa shape index (κ1) is 20.4. The maximum absolute atomic E-state index is 4.52. The minimum Gasteiger partial charge on any atom is -0.378 e. The summed E-state index contributed by atoms with van der Waals surface area (Å²) in [7, 11) is 4.10. The molecule has 0 aliphatic carbocycles. The van der Waals surface area contributed by atoms with Crippen LogP contribution in [0.2, 0.25) is 0 Å². The Balaban J connectivity index is 1.49. The topological polar surface area (TPSA) is 32.3 Å². The number of benzene rings is 2. The van der Waals surface area contributed by atoms with E-state index in [4.69, 9.17) is 0 Å². The van der Waals surface area contributed by atoms with Crippen molar-refractivity contribution in [1.82, 2.24) is 9.97 Å². The highest BCUT2D eigenvalue weighted by atomic mass is 15.2. The van der Waals surface area contributed by atoms with E-state index < -0.39 is 0 Å². The summed E-state index contributed by atoms with van der Waals surface area (Å²) >= 11 is 0. The molecule has 0 spiro atoms. The molecule has 4 heteroatoms. The standard InChI is InChI=1S/C27H26N4/c1-30(2)25-17-15-23(16-18-25)10-9-22-11-13-24(14-12-22)21-31(26-7-3-5-19-28-26)27-8-4-6-20-29-27/h3-20H,21H2,1-2H3. The third kappa shape index (κ3) is 5.37. The van der Waals surface area contributed by atoms with E-state index in [9.17, 15) is 0 Å². The molecular weight excluding hydrogens is 380 g/mol. The van der Waals surface area contributed by atoms with E-state index >= 15 is 0 Å². The van der Waals surface area contributed by atoms with Gasteiger partial charge in [0, 0.05) is 32.2 Å². The average Bonchev–Trinajstić information content (AvgIpc) is 2.83. The van der Waals surface area contributed by atoms with E-state index in [0.717, 1.165) is 11.6 Å². The van der Waals surface area contributed by atoms with Crippen molar-refractivity contribution < 1.29 is 0 Å². The molecule has 4 rings (SSSR count). The smallest absolute Gasteiger partial charge is 0.134 e. The van der Waals surface area contributed by atoms with Crippen LogP contribution in [0.3, 0.4) is 0 Å². The second kappa shape index (κ2) is 9.72. The molecule has 0 saturated heterocycles. The van der Waals surface area contributed by atoms with Gasteiger partial charge < -0.3 is 9.80 Å². The molecule has 0 radical (unpaired) electrons. The molecule has 0 bridgehead atoms. The zero-order valence-electron chi connectivity index (χ0n) is 17.9. The Morgan fingerprint density at radius 1 is 0.645 bits per heavy atom. The largest absolute Gasteiger partial charge is 0.378 e. The van der Waals surface area contributed by atoms with Gasteiger partial charge in [-0.25, -0.2) is 9.97 Å². The van der Waals surface area contributed by atoms with Gasteiger partial charge in [0.05, 0.1) is 6.54 Å². The van der Waals surface area contributed by atoms with Crippen LogP contribution in [0.1, 0.15) is 16.7 Å². The molecule has 4 aromatic rings. The van der Waals surface area contributed by atoms with Crippen molar-refractivity contribution in [2.45, 2.75) is 6.54 Å². The van der Waals surface area contributed by atoms with Crippen LogP contribution >= 0.6 is 0 Å². The van der Waals surface area contributed by atoms with Crippen LogP contribution in [0.5, 0.6) is 0 Å². The lowest BCUT2D eigenvalue weighted by Gasteiger charge is -2.22. The SMILES string of the molecule is CN(C)c1ccc(C=Cc2ccc(CN(c3ccccn3)c3ccccn3)cc2)cc1. The van der Waals surface area contributed by atoms with Gasteiger partial charge in [0.15, 0.2) is 0 Å². The van der Waals surface area contributed by atoms with Crippen LogP contribution in [0, 0.1) is 0 Å². The van der Waals surface area contributed by atoms with Crippen LogP contribution in [0.15, 0.2) is 97.3 Å². The van der Waals surface area contributed by atoms with Crippen molar-refractivity contribution in [1.29, 1.82) is 0 Å². The molecule has 0 fully saturated rings. The predicted molar refractivity (Wildman–Crippen MR) is 130 cm³/mol. The zero-order chi connectivity index (χ0) is 21.5. The van der Waals surface area contributed by atoms with Gasteiger partial charge in [-0.05, 0) is 53.1 Å². The molecule has 0 aliphatic heterocycles. The fourth-order valence-corrected chi connectivity index (χ4v) is 3.30. The summed E-state index contributed by atoms with van der Waals surface area (Å²) in [5.41, 5.74) is 4.75. The second-order valence-corrected chi connectivity index (χ2v) is 7.52. The van der Waals surface area contributed by atoms with Crippen LogP contribution in [-0.2, 0) is 6.54 Å². The minimum atomic E-state index is 0.698. The number of hydrogen-bond acceptors (Lipinski definition) is 4. The average molecular weight is 407 g/mol. The lowest BCUT2D eigenvalue weighted by Crippen LogP contribution is -2.18. The van der Waals surface area contributed by atoms with Gasteiger partial charge in [0.2, 0.25) is 0 Å². The summed E-state index contributed by atoms with van der Waals surface area (Å²) in [5.74, 6) is 1.76. The van der Waals surface area contributed by atoms with Crippen molar-refractivity contribution in [2.75, 3.05) is 23.9 Å². The van der Waals surface area contributed by atoms with Crippen molar-refractivity contribution in [3.8, 4) is 0 Å². The Labute approximate surface area is 184 Å². The molecule has 0 aliphatic rings. The van der Waals surface area contributed by atoms with Gasteiger partial charge in [-0.2, -0.15) is 0 Å². The Kier molecular flexibility index (Phi) is 6.38. The fourth-order valence-electron chi connectivity index (χ4n) is 3.30.